The maximum Gasteiger partial charge on any atom is 0.307 e. The van der Waals surface area contributed by atoms with Gasteiger partial charge in [0.15, 0.2) is 5.78 Å². The van der Waals surface area contributed by atoms with Crippen LogP contribution >= 0.6 is 31.9 Å². The summed E-state index contributed by atoms with van der Waals surface area (Å²) in [5, 5.41) is 0.314. The van der Waals surface area contributed by atoms with E-state index in [4.69, 9.17) is 0 Å². The van der Waals surface area contributed by atoms with Gasteiger partial charge in [-0.3, -0.25) is 9.59 Å². The van der Waals surface area contributed by atoms with Crippen LogP contribution in [0.4, 0.5) is 0 Å². The Kier molecular flexibility index (Phi) is 6.13. The Balaban J connectivity index is 2.24. The van der Waals surface area contributed by atoms with Crippen LogP contribution in [0.2, 0.25) is 0 Å². The number of ketones is 1. The molecule has 0 bridgehead atoms. The highest BCUT2D eigenvalue weighted by atomic mass is 79.9. The Morgan fingerprint density at radius 1 is 1.00 bits per heavy atom. The SMILES string of the molecule is COC(=O)CC(Br)(CBr)C(=O)c1ccc(-c2ccccc2)cc1. The third-order valence-corrected chi connectivity index (χ3v) is 6.16. The van der Waals surface area contributed by atoms with Gasteiger partial charge in [0.1, 0.15) is 4.32 Å². The smallest absolute Gasteiger partial charge is 0.307 e. The lowest BCUT2D eigenvalue weighted by Gasteiger charge is -2.22. The minimum absolute atomic E-state index is 0.0337. The first kappa shape index (κ1) is 17.9. The van der Waals surface area contributed by atoms with E-state index in [1.54, 1.807) is 12.1 Å². The molecule has 0 spiro atoms. The second-order valence-corrected chi connectivity index (χ2v) is 7.20. The van der Waals surface area contributed by atoms with Crippen LogP contribution in [-0.4, -0.2) is 28.5 Å². The summed E-state index contributed by atoms with van der Waals surface area (Å²) < 4.78 is 3.66. The van der Waals surface area contributed by atoms with Crippen molar-refractivity contribution in [3.05, 3.63) is 60.2 Å². The van der Waals surface area contributed by atoms with Gasteiger partial charge in [-0.1, -0.05) is 86.5 Å². The number of benzene rings is 2. The molecule has 23 heavy (non-hydrogen) atoms. The number of Topliss-reactive ketones (excluding diaryl/α,β-unsaturated/α-hetero) is 1. The topological polar surface area (TPSA) is 43.4 Å². The van der Waals surface area contributed by atoms with Gasteiger partial charge in [0.05, 0.1) is 13.5 Å². The summed E-state index contributed by atoms with van der Waals surface area (Å²) in [5.41, 5.74) is 2.67. The average molecular weight is 440 g/mol. The van der Waals surface area contributed by atoms with Crippen LogP contribution < -0.4 is 0 Å². The zero-order valence-electron chi connectivity index (χ0n) is 12.6. The van der Waals surface area contributed by atoms with Crippen molar-refractivity contribution in [2.75, 3.05) is 12.4 Å². The van der Waals surface area contributed by atoms with Gasteiger partial charge in [0.25, 0.3) is 0 Å². The number of carbonyl (C=O) groups is 2. The highest BCUT2D eigenvalue weighted by Crippen LogP contribution is 2.31. The summed E-state index contributed by atoms with van der Waals surface area (Å²) in [6.45, 7) is 0. The quantitative estimate of drug-likeness (QED) is 0.374. The first-order valence-corrected chi connectivity index (χ1v) is 8.93. The van der Waals surface area contributed by atoms with Crippen molar-refractivity contribution < 1.29 is 14.3 Å². The molecule has 2 rings (SSSR count). The minimum Gasteiger partial charge on any atom is -0.469 e. The highest BCUT2D eigenvalue weighted by Gasteiger charge is 2.37. The molecule has 0 aliphatic rings. The molecule has 5 heteroatoms. The van der Waals surface area contributed by atoms with Gasteiger partial charge in [0, 0.05) is 10.9 Å². The summed E-state index contributed by atoms with van der Waals surface area (Å²) in [6.07, 6.45) is -0.0337. The summed E-state index contributed by atoms with van der Waals surface area (Å²) in [7, 11) is 1.31. The minimum atomic E-state index is -1.01. The molecule has 120 valence electrons. The molecule has 1 atom stereocenters. The van der Waals surface area contributed by atoms with Crippen LogP contribution in [0.3, 0.4) is 0 Å². The van der Waals surface area contributed by atoms with Crippen molar-refractivity contribution in [2.45, 2.75) is 10.7 Å². The van der Waals surface area contributed by atoms with Gasteiger partial charge in [-0.25, -0.2) is 0 Å². The third-order valence-electron chi connectivity index (χ3n) is 3.53. The first-order valence-electron chi connectivity index (χ1n) is 7.02. The molecule has 0 aromatic heterocycles. The van der Waals surface area contributed by atoms with E-state index >= 15 is 0 Å². The maximum absolute atomic E-state index is 12.7. The average Bonchev–Trinajstić information content (AvgIpc) is 2.61. The number of carbonyl (C=O) groups excluding carboxylic acids is 2. The largest absolute Gasteiger partial charge is 0.469 e. The van der Waals surface area contributed by atoms with Crippen LogP contribution in [0.5, 0.6) is 0 Å². The van der Waals surface area contributed by atoms with Crippen LogP contribution in [0.15, 0.2) is 54.6 Å². The van der Waals surface area contributed by atoms with Gasteiger partial charge in [-0.05, 0) is 11.1 Å². The number of ether oxygens (including phenoxy) is 1. The Hall–Kier alpha value is -1.46. The van der Waals surface area contributed by atoms with Crippen molar-refractivity contribution in [1.29, 1.82) is 0 Å². The molecule has 3 nitrogen and oxygen atoms in total. The molecule has 0 saturated heterocycles. The predicted molar refractivity (Wildman–Crippen MR) is 98.3 cm³/mol. The second-order valence-electron chi connectivity index (χ2n) is 5.12. The van der Waals surface area contributed by atoms with Gasteiger partial charge in [0.2, 0.25) is 0 Å². The summed E-state index contributed by atoms with van der Waals surface area (Å²) in [6, 6.07) is 17.3. The van der Waals surface area contributed by atoms with Gasteiger partial charge in [-0.2, -0.15) is 0 Å². The first-order chi connectivity index (χ1) is 11.0. The lowest BCUT2D eigenvalue weighted by molar-refractivity contribution is -0.140. The predicted octanol–water partition coefficient (Wildman–Crippen LogP) is 4.63. The van der Waals surface area contributed by atoms with Crippen LogP contribution in [0.1, 0.15) is 16.8 Å². The molecule has 2 aromatic rings. The molecule has 0 fully saturated rings. The van der Waals surface area contributed by atoms with Crippen LogP contribution in [-0.2, 0) is 9.53 Å². The van der Waals surface area contributed by atoms with E-state index in [-0.39, 0.29) is 12.2 Å². The van der Waals surface area contributed by atoms with Crippen molar-refractivity contribution in [3.63, 3.8) is 0 Å². The van der Waals surface area contributed by atoms with E-state index in [9.17, 15) is 9.59 Å². The van der Waals surface area contributed by atoms with E-state index in [0.717, 1.165) is 11.1 Å². The summed E-state index contributed by atoms with van der Waals surface area (Å²) in [4.78, 5) is 24.2. The van der Waals surface area contributed by atoms with E-state index in [0.29, 0.717) is 10.9 Å². The summed E-state index contributed by atoms with van der Waals surface area (Å²) >= 11 is 6.70. The molecule has 2 aromatic carbocycles. The number of hydrogen-bond donors (Lipinski definition) is 0. The molecule has 0 saturated carbocycles. The molecular weight excluding hydrogens is 424 g/mol. The van der Waals surface area contributed by atoms with E-state index in [2.05, 4.69) is 36.6 Å². The Bertz CT molecular complexity index is 683. The highest BCUT2D eigenvalue weighted by molar-refractivity contribution is 9.12. The fourth-order valence-corrected chi connectivity index (χ4v) is 3.10. The number of hydrogen-bond acceptors (Lipinski definition) is 3. The van der Waals surface area contributed by atoms with Gasteiger partial charge in [-0.15, -0.1) is 0 Å². The van der Waals surface area contributed by atoms with Gasteiger partial charge >= 0.3 is 5.97 Å². The fraction of sp³-hybridized carbons (Fsp3) is 0.222. The maximum atomic E-state index is 12.7. The lowest BCUT2D eigenvalue weighted by atomic mass is 9.94. The van der Waals surface area contributed by atoms with Crippen molar-refractivity contribution in [3.8, 4) is 11.1 Å². The second kappa shape index (κ2) is 7.88. The molecule has 0 radical (unpaired) electrons. The van der Waals surface area contributed by atoms with Crippen molar-refractivity contribution >= 4 is 43.6 Å². The van der Waals surface area contributed by atoms with Crippen LogP contribution in [0, 0.1) is 0 Å². The molecule has 0 heterocycles. The number of halogens is 2. The zero-order chi connectivity index (χ0) is 16.9. The zero-order valence-corrected chi connectivity index (χ0v) is 15.8. The van der Waals surface area contributed by atoms with Crippen molar-refractivity contribution in [2.24, 2.45) is 0 Å². The molecule has 0 N–H and O–H groups in total. The number of alkyl halides is 2. The van der Waals surface area contributed by atoms with Crippen LogP contribution in [0.25, 0.3) is 11.1 Å². The monoisotopic (exact) mass is 438 g/mol. The molecular formula is C18H16Br2O3. The Morgan fingerprint density at radius 3 is 2.09 bits per heavy atom. The lowest BCUT2D eigenvalue weighted by Crippen LogP contribution is -2.36. The van der Waals surface area contributed by atoms with Crippen molar-refractivity contribution in [1.82, 2.24) is 0 Å². The number of rotatable bonds is 6. The summed E-state index contributed by atoms with van der Waals surface area (Å²) in [5.74, 6) is -0.588. The Morgan fingerprint density at radius 2 is 1.57 bits per heavy atom. The molecule has 0 amide bonds. The third kappa shape index (κ3) is 4.30. The van der Waals surface area contributed by atoms with E-state index in [1.165, 1.54) is 7.11 Å². The van der Waals surface area contributed by atoms with Gasteiger partial charge < -0.3 is 4.74 Å². The molecule has 0 aliphatic carbocycles. The molecule has 1 unspecified atom stereocenters. The fourth-order valence-electron chi connectivity index (χ4n) is 2.19. The van der Waals surface area contributed by atoms with E-state index < -0.39 is 10.3 Å². The number of methoxy groups -OCH3 is 1. The van der Waals surface area contributed by atoms with E-state index in [1.807, 2.05) is 42.5 Å². The standard InChI is InChI=1S/C18H16Br2O3/c1-23-16(21)11-18(20,12-19)17(22)15-9-7-14(8-10-15)13-5-3-2-4-6-13/h2-10H,11-12H2,1H3. The number of esters is 1. The Labute approximate surface area is 152 Å². The normalized spacial score (nSPS) is 13.2. The molecule has 0 aliphatic heterocycles.